The average molecular weight is 539 g/mol. The van der Waals surface area contributed by atoms with Gasteiger partial charge in [0.1, 0.15) is 11.6 Å². The van der Waals surface area contributed by atoms with E-state index in [0.717, 1.165) is 22.3 Å². The first-order valence-corrected chi connectivity index (χ1v) is 12.8. The first-order valence-electron chi connectivity index (χ1n) is 12.0. The van der Waals surface area contributed by atoms with Crippen molar-refractivity contribution < 1.29 is 9.18 Å². The number of anilines is 2. The fourth-order valence-corrected chi connectivity index (χ4v) is 4.88. The number of rotatable bonds is 7. The van der Waals surface area contributed by atoms with E-state index in [9.17, 15) is 9.18 Å². The number of benzene rings is 2. The van der Waals surface area contributed by atoms with Crippen LogP contribution < -0.4 is 15.5 Å². The molecule has 7 nitrogen and oxygen atoms in total. The largest absolute Gasteiger partial charge is 0.356 e. The van der Waals surface area contributed by atoms with Crippen molar-refractivity contribution in [1.29, 1.82) is 0 Å². The molecule has 5 rings (SSSR count). The summed E-state index contributed by atoms with van der Waals surface area (Å²) in [5.74, 6) is 0.795. The Kier molecular flexibility index (Phi) is 7.67. The summed E-state index contributed by atoms with van der Waals surface area (Å²) in [5, 5.41) is 8.02. The molecule has 2 N–H and O–H groups in total. The second-order valence-electron chi connectivity index (χ2n) is 8.92. The van der Waals surface area contributed by atoms with Gasteiger partial charge in [0.05, 0.1) is 10.9 Å². The standard InChI is InChI=1S/C27H25Cl2FN6O/c28-22-4-2-1-3-18(22)15-33-27-34-16-21-24(35-27)7-10-31-25(21)36-11-8-17(9-12-36)26(37)32-14-19-5-6-20(30)13-23(19)29/h1-7,10,13,16-17H,8-9,11-12,14-15H2,(H,32,37)(H,33,34,35). The predicted molar refractivity (Wildman–Crippen MR) is 144 cm³/mol. The zero-order valence-corrected chi connectivity index (χ0v) is 21.4. The maximum Gasteiger partial charge on any atom is 0.223 e. The van der Waals surface area contributed by atoms with Crippen LogP contribution in [-0.2, 0) is 17.9 Å². The molecule has 0 spiro atoms. The molecule has 37 heavy (non-hydrogen) atoms. The number of hydrogen-bond acceptors (Lipinski definition) is 6. The lowest BCUT2D eigenvalue weighted by Crippen LogP contribution is -2.40. The van der Waals surface area contributed by atoms with E-state index in [0.29, 0.717) is 54.0 Å². The molecule has 0 radical (unpaired) electrons. The summed E-state index contributed by atoms with van der Waals surface area (Å²) < 4.78 is 13.2. The van der Waals surface area contributed by atoms with Crippen molar-refractivity contribution in [2.45, 2.75) is 25.9 Å². The predicted octanol–water partition coefficient (Wildman–Crippen LogP) is 5.62. The number of amides is 1. The molecule has 2 aromatic heterocycles. The Bertz CT molecular complexity index is 1430. The SMILES string of the molecule is O=C(NCc1ccc(F)cc1Cl)C1CCN(c2nccc3nc(NCc4ccccc4Cl)ncc23)CC1. The lowest BCUT2D eigenvalue weighted by Gasteiger charge is -2.32. The maximum atomic E-state index is 13.2. The Balaban J connectivity index is 1.20. The summed E-state index contributed by atoms with van der Waals surface area (Å²) in [6.45, 7) is 2.17. The molecule has 190 valence electrons. The number of pyridine rings is 1. The van der Waals surface area contributed by atoms with Gasteiger partial charge in [-0.15, -0.1) is 0 Å². The van der Waals surface area contributed by atoms with E-state index in [1.807, 2.05) is 30.3 Å². The van der Waals surface area contributed by atoms with E-state index in [-0.39, 0.29) is 18.4 Å². The van der Waals surface area contributed by atoms with Crippen molar-refractivity contribution >= 4 is 51.8 Å². The van der Waals surface area contributed by atoms with Crippen LogP contribution in [0, 0.1) is 11.7 Å². The van der Waals surface area contributed by atoms with Gasteiger partial charge < -0.3 is 15.5 Å². The normalized spacial score (nSPS) is 14.1. The molecule has 1 aliphatic heterocycles. The van der Waals surface area contributed by atoms with Gasteiger partial charge in [-0.05, 0) is 48.2 Å². The third-order valence-electron chi connectivity index (χ3n) is 6.52. The van der Waals surface area contributed by atoms with E-state index in [1.165, 1.54) is 12.1 Å². The van der Waals surface area contributed by atoms with Gasteiger partial charge in [-0.2, -0.15) is 0 Å². The van der Waals surface area contributed by atoms with E-state index >= 15 is 0 Å². The second-order valence-corrected chi connectivity index (χ2v) is 9.74. The zero-order valence-electron chi connectivity index (χ0n) is 19.9. The third kappa shape index (κ3) is 5.92. The topological polar surface area (TPSA) is 83.0 Å². The number of fused-ring (bicyclic) bond motifs is 1. The number of nitrogens with one attached hydrogen (secondary N) is 2. The van der Waals surface area contributed by atoms with Crippen molar-refractivity contribution in [3.05, 3.63) is 87.9 Å². The first kappa shape index (κ1) is 25.2. The van der Waals surface area contributed by atoms with Gasteiger partial charge in [0.25, 0.3) is 0 Å². The molecule has 1 fully saturated rings. The molecule has 0 saturated carbocycles. The maximum absolute atomic E-state index is 13.2. The van der Waals surface area contributed by atoms with Crippen molar-refractivity contribution in [2.75, 3.05) is 23.3 Å². The van der Waals surface area contributed by atoms with E-state index in [4.69, 9.17) is 23.2 Å². The Morgan fingerprint density at radius 2 is 1.78 bits per heavy atom. The fraction of sp³-hybridized carbons (Fsp3) is 0.259. The van der Waals surface area contributed by atoms with Gasteiger partial charge in [-0.3, -0.25) is 4.79 Å². The van der Waals surface area contributed by atoms with E-state index in [2.05, 4.69) is 30.5 Å². The van der Waals surface area contributed by atoms with Crippen LogP contribution in [0.15, 0.2) is 60.9 Å². The van der Waals surface area contributed by atoms with Gasteiger partial charge in [0.2, 0.25) is 11.9 Å². The summed E-state index contributed by atoms with van der Waals surface area (Å²) in [5.41, 5.74) is 2.45. The van der Waals surface area contributed by atoms with Gasteiger partial charge in [-0.1, -0.05) is 47.5 Å². The zero-order chi connectivity index (χ0) is 25.8. The number of carbonyl (C=O) groups is 1. The second kappa shape index (κ2) is 11.3. The molecule has 2 aromatic carbocycles. The smallest absolute Gasteiger partial charge is 0.223 e. The summed E-state index contributed by atoms with van der Waals surface area (Å²) in [4.78, 5) is 28.6. The molecule has 0 unspecified atom stereocenters. The third-order valence-corrected chi connectivity index (χ3v) is 7.24. The molecular formula is C27H25Cl2FN6O. The number of nitrogens with zero attached hydrogens (tertiary/aromatic N) is 4. The van der Waals surface area contributed by atoms with Gasteiger partial charge >= 0.3 is 0 Å². The van der Waals surface area contributed by atoms with Crippen LogP contribution in [0.4, 0.5) is 16.2 Å². The highest BCUT2D eigenvalue weighted by Gasteiger charge is 2.26. The van der Waals surface area contributed by atoms with Crippen LogP contribution in [0.5, 0.6) is 0 Å². The molecule has 3 heterocycles. The molecule has 0 atom stereocenters. The lowest BCUT2D eigenvalue weighted by molar-refractivity contribution is -0.125. The lowest BCUT2D eigenvalue weighted by atomic mass is 9.95. The van der Waals surface area contributed by atoms with Crippen LogP contribution in [0.3, 0.4) is 0 Å². The van der Waals surface area contributed by atoms with Crippen LogP contribution in [0.1, 0.15) is 24.0 Å². The number of carbonyl (C=O) groups excluding carboxylic acids is 1. The van der Waals surface area contributed by atoms with E-state index in [1.54, 1.807) is 18.5 Å². The van der Waals surface area contributed by atoms with Crippen molar-refractivity contribution in [3.8, 4) is 0 Å². The van der Waals surface area contributed by atoms with Gasteiger partial charge in [0, 0.05) is 54.5 Å². The van der Waals surface area contributed by atoms with Crippen molar-refractivity contribution in [1.82, 2.24) is 20.3 Å². The van der Waals surface area contributed by atoms with Crippen LogP contribution in [0.2, 0.25) is 10.0 Å². The molecule has 4 aromatic rings. The van der Waals surface area contributed by atoms with Crippen LogP contribution in [-0.4, -0.2) is 33.9 Å². The van der Waals surface area contributed by atoms with Crippen LogP contribution >= 0.6 is 23.2 Å². The van der Waals surface area contributed by atoms with Gasteiger partial charge in [-0.25, -0.2) is 19.3 Å². The fourth-order valence-electron chi connectivity index (χ4n) is 4.44. The van der Waals surface area contributed by atoms with Crippen LogP contribution in [0.25, 0.3) is 10.9 Å². The number of halogens is 3. The minimum absolute atomic E-state index is 0.0245. The minimum Gasteiger partial charge on any atom is -0.356 e. The Labute approximate surface area is 224 Å². The Morgan fingerprint density at radius 1 is 1.00 bits per heavy atom. The Hall–Kier alpha value is -3.49. The molecule has 10 heteroatoms. The van der Waals surface area contributed by atoms with Crippen molar-refractivity contribution in [3.63, 3.8) is 0 Å². The summed E-state index contributed by atoms with van der Waals surface area (Å²) in [6.07, 6.45) is 4.91. The highest BCUT2D eigenvalue weighted by Crippen LogP contribution is 2.28. The van der Waals surface area contributed by atoms with Crippen molar-refractivity contribution in [2.24, 2.45) is 5.92 Å². The molecular weight excluding hydrogens is 514 g/mol. The number of hydrogen-bond donors (Lipinski definition) is 2. The summed E-state index contributed by atoms with van der Waals surface area (Å²) in [7, 11) is 0. The molecule has 0 bridgehead atoms. The first-order chi connectivity index (χ1) is 18.0. The summed E-state index contributed by atoms with van der Waals surface area (Å²) in [6, 6.07) is 13.7. The number of aromatic nitrogens is 3. The monoisotopic (exact) mass is 538 g/mol. The Morgan fingerprint density at radius 3 is 2.57 bits per heavy atom. The quantitative estimate of drug-likeness (QED) is 0.318. The molecule has 1 saturated heterocycles. The minimum atomic E-state index is -0.399. The highest BCUT2D eigenvalue weighted by atomic mass is 35.5. The molecule has 1 aliphatic rings. The number of piperidine rings is 1. The molecule has 1 amide bonds. The highest BCUT2D eigenvalue weighted by molar-refractivity contribution is 6.31. The van der Waals surface area contributed by atoms with E-state index < -0.39 is 5.82 Å². The molecule has 0 aliphatic carbocycles. The average Bonchev–Trinajstić information content (AvgIpc) is 2.91. The summed E-state index contributed by atoms with van der Waals surface area (Å²) >= 11 is 12.3. The van der Waals surface area contributed by atoms with Gasteiger partial charge in [0.15, 0.2) is 0 Å².